The van der Waals surface area contributed by atoms with Gasteiger partial charge in [-0.2, -0.15) is 0 Å². The number of ether oxygens (including phenoxy) is 1. The van der Waals surface area contributed by atoms with Crippen LogP contribution in [0.2, 0.25) is 5.02 Å². The lowest BCUT2D eigenvalue weighted by Gasteiger charge is -2.24. The number of carbonyl (C=O) groups is 2. The first-order chi connectivity index (χ1) is 17.8. The van der Waals surface area contributed by atoms with Gasteiger partial charge in [0.2, 0.25) is 0 Å². The fourth-order valence-corrected chi connectivity index (χ4v) is 4.79. The topological polar surface area (TPSA) is 107 Å². The first kappa shape index (κ1) is 28.3. The first-order valence-electron chi connectivity index (χ1n) is 12.1. The first-order valence-corrected chi connectivity index (χ1v) is 12.5. The van der Waals surface area contributed by atoms with Gasteiger partial charge in [0.25, 0.3) is 5.91 Å². The number of halogens is 1. The van der Waals surface area contributed by atoms with Gasteiger partial charge in [-0.15, -0.1) is 0 Å². The lowest BCUT2D eigenvalue weighted by atomic mass is 10.0. The van der Waals surface area contributed by atoms with E-state index < -0.39 is 5.97 Å². The van der Waals surface area contributed by atoms with Crippen LogP contribution in [-0.2, 0) is 17.3 Å². The Morgan fingerprint density at radius 1 is 0.973 bits per heavy atom. The van der Waals surface area contributed by atoms with E-state index in [0.29, 0.717) is 28.9 Å². The number of fused-ring (bicyclic) bond motifs is 1. The van der Waals surface area contributed by atoms with Crippen molar-refractivity contribution in [2.45, 2.75) is 51.2 Å². The fourth-order valence-electron chi connectivity index (χ4n) is 4.66. The Morgan fingerprint density at radius 3 is 2.27 bits per heavy atom. The maximum Gasteiger partial charge on any atom is 0.351 e. The molecule has 1 heterocycles. The minimum atomic E-state index is -2.52. The summed E-state index contributed by atoms with van der Waals surface area (Å²) in [7, 11) is 1.00. The number of carbonyl (C=O) groups excluding carboxylic acids is 2. The van der Waals surface area contributed by atoms with Gasteiger partial charge in [-0.25, -0.2) is 0 Å². The number of benzene rings is 3. The highest BCUT2D eigenvalue weighted by Crippen LogP contribution is 2.35. The number of aliphatic hydroxyl groups excluding tert-OH is 1. The van der Waals surface area contributed by atoms with Crippen LogP contribution in [0.15, 0.2) is 66.7 Å². The maximum absolute atomic E-state index is 12.8. The highest BCUT2D eigenvalue weighted by molar-refractivity contribution is 6.30. The van der Waals surface area contributed by atoms with Gasteiger partial charge in [-0.1, -0.05) is 48.7 Å². The van der Waals surface area contributed by atoms with Crippen LogP contribution in [0.25, 0.3) is 11.1 Å². The summed E-state index contributed by atoms with van der Waals surface area (Å²) in [6.07, 6.45) is 5.16. The third kappa shape index (κ3) is 6.76. The molecule has 0 saturated heterocycles. The Labute approximate surface area is 221 Å². The molecular formula is C29H32ClNO6. The normalized spacial score (nSPS) is 14.8. The highest BCUT2D eigenvalue weighted by Gasteiger charge is 2.35. The van der Waals surface area contributed by atoms with E-state index >= 15 is 0 Å². The summed E-state index contributed by atoms with van der Waals surface area (Å²) in [5.41, 5.74) is 3.42. The Morgan fingerprint density at radius 2 is 1.62 bits per heavy atom. The van der Waals surface area contributed by atoms with Gasteiger partial charge in [-0.05, 0) is 78.9 Å². The van der Waals surface area contributed by atoms with Gasteiger partial charge in [0.15, 0.2) is 0 Å². The standard InChI is InChI=1S/C26H24ClNO4.C2H4O.CH4O/c27-21-10-8-17(9-11-21)18-4-3-5-20(14-18)26(30,31)32-23-12-13-24-19(15-23)16-28(25(24)29)22-6-1-2-7-22;1-2-3;1-2/h3-5,8-15,22,30-31H,1-2,6-7,16H2;2H,1H3;2H,1H3. The van der Waals surface area contributed by atoms with E-state index in [-0.39, 0.29) is 11.5 Å². The lowest BCUT2D eigenvalue weighted by Crippen LogP contribution is -2.33. The summed E-state index contributed by atoms with van der Waals surface area (Å²) in [5.74, 6) is -2.18. The molecule has 2 aliphatic rings. The summed E-state index contributed by atoms with van der Waals surface area (Å²) in [4.78, 5) is 23.5. The quantitative estimate of drug-likeness (QED) is 0.323. The number of rotatable bonds is 5. The second-order valence-corrected chi connectivity index (χ2v) is 9.16. The van der Waals surface area contributed by atoms with E-state index in [1.165, 1.54) is 6.92 Å². The molecule has 0 radical (unpaired) electrons. The minimum Gasteiger partial charge on any atom is -0.436 e. The van der Waals surface area contributed by atoms with Crippen molar-refractivity contribution in [1.82, 2.24) is 4.90 Å². The lowest BCUT2D eigenvalue weighted by molar-refractivity contribution is -0.304. The molecule has 0 atom stereocenters. The molecule has 1 amide bonds. The zero-order valence-electron chi connectivity index (χ0n) is 20.9. The van der Waals surface area contributed by atoms with Gasteiger partial charge in [0.05, 0.1) is 5.56 Å². The molecule has 3 aromatic rings. The number of hydrogen-bond donors (Lipinski definition) is 3. The Hall–Kier alpha value is -3.23. The van der Waals surface area contributed by atoms with Crippen LogP contribution in [0.1, 0.15) is 54.1 Å². The van der Waals surface area contributed by atoms with Gasteiger partial charge in [0.1, 0.15) is 12.0 Å². The van der Waals surface area contributed by atoms with Crippen molar-refractivity contribution in [1.29, 1.82) is 0 Å². The predicted octanol–water partition coefficient (Wildman–Crippen LogP) is 4.89. The van der Waals surface area contributed by atoms with Crippen molar-refractivity contribution >= 4 is 23.8 Å². The third-order valence-electron chi connectivity index (χ3n) is 6.35. The summed E-state index contributed by atoms with van der Waals surface area (Å²) in [5, 5.41) is 29.1. The molecule has 7 nitrogen and oxygen atoms in total. The molecule has 0 spiro atoms. The zero-order chi connectivity index (χ0) is 27.0. The van der Waals surface area contributed by atoms with Crippen LogP contribution in [0.5, 0.6) is 5.75 Å². The molecule has 196 valence electrons. The largest absolute Gasteiger partial charge is 0.436 e. The predicted molar refractivity (Wildman–Crippen MR) is 142 cm³/mol. The molecule has 0 unspecified atom stereocenters. The van der Waals surface area contributed by atoms with Gasteiger partial charge in [-0.3, -0.25) is 4.79 Å². The van der Waals surface area contributed by atoms with Gasteiger partial charge in [0, 0.05) is 30.3 Å². The number of amides is 1. The van der Waals surface area contributed by atoms with Crippen LogP contribution in [0, 0.1) is 0 Å². The number of aldehydes is 1. The van der Waals surface area contributed by atoms with E-state index in [2.05, 4.69) is 0 Å². The molecule has 3 N–H and O–H groups in total. The van der Waals surface area contributed by atoms with Crippen LogP contribution in [-0.4, -0.2) is 45.6 Å². The zero-order valence-corrected chi connectivity index (χ0v) is 21.7. The van der Waals surface area contributed by atoms with Gasteiger partial charge >= 0.3 is 5.97 Å². The van der Waals surface area contributed by atoms with Crippen LogP contribution < -0.4 is 4.74 Å². The van der Waals surface area contributed by atoms with Crippen molar-refractivity contribution in [3.63, 3.8) is 0 Å². The SMILES string of the molecule is CC=O.CO.O=C1c2ccc(OC(O)(O)c3cccc(-c4ccc(Cl)cc4)c3)cc2CN1C1CCCC1. The number of aliphatic hydroxyl groups is 3. The Kier molecular flexibility index (Phi) is 9.83. The van der Waals surface area contributed by atoms with E-state index in [0.717, 1.165) is 55.8 Å². The van der Waals surface area contributed by atoms with Crippen LogP contribution in [0.3, 0.4) is 0 Å². The number of nitrogens with zero attached hydrogens (tertiary/aromatic N) is 1. The van der Waals surface area contributed by atoms with Crippen molar-refractivity contribution in [2.24, 2.45) is 0 Å². The van der Waals surface area contributed by atoms with Crippen molar-refractivity contribution in [2.75, 3.05) is 7.11 Å². The molecule has 1 fully saturated rings. The van der Waals surface area contributed by atoms with E-state index in [1.54, 1.807) is 48.5 Å². The fraction of sp³-hybridized carbons (Fsp3) is 0.310. The molecular weight excluding hydrogens is 494 g/mol. The van der Waals surface area contributed by atoms with E-state index in [4.69, 9.17) is 26.2 Å². The molecule has 37 heavy (non-hydrogen) atoms. The molecule has 0 bridgehead atoms. The molecule has 5 rings (SSSR count). The maximum atomic E-state index is 12.8. The molecule has 8 heteroatoms. The summed E-state index contributed by atoms with van der Waals surface area (Å²) in [6.45, 7) is 1.98. The summed E-state index contributed by atoms with van der Waals surface area (Å²) < 4.78 is 5.58. The molecule has 3 aromatic carbocycles. The Bertz CT molecular complexity index is 1210. The Balaban J connectivity index is 0.000000711. The van der Waals surface area contributed by atoms with Crippen molar-refractivity contribution in [3.05, 3.63) is 88.4 Å². The average molecular weight is 526 g/mol. The van der Waals surface area contributed by atoms with Crippen LogP contribution >= 0.6 is 11.6 Å². The highest BCUT2D eigenvalue weighted by atomic mass is 35.5. The summed E-state index contributed by atoms with van der Waals surface area (Å²) in [6, 6.07) is 19.5. The minimum absolute atomic E-state index is 0.0494. The van der Waals surface area contributed by atoms with Crippen LogP contribution in [0.4, 0.5) is 0 Å². The van der Waals surface area contributed by atoms with E-state index in [9.17, 15) is 15.0 Å². The van der Waals surface area contributed by atoms with Crippen molar-refractivity contribution in [3.8, 4) is 16.9 Å². The second-order valence-electron chi connectivity index (χ2n) is 8.72. The van der Waals surface area contributed by atoms with Crippen molar-refractivity contribution < 1.29 is 29.6 Å². The molecule has 0 aromatic heterocycles. The number of hydrogen-bond acceptors (Lipinski definition) is 6. The van der Waals surface area contributed by atoms with Gasteiger partial charge < -0.3 is 29.8 Å². The van der Waals surface area contributed by atoms with E-state index in [1.807, 2.05) is 23.1 Å². The molecule has 1 aliphatic heterocycles. The second kappa shape index (κ2) is 12.8. The smallest absolute Gasteiger partial charge is 0.351 e. The molecule has 1 saturated carbocycles. The monoisotopic (exact) mass is 525 g/mol. The average Bonchev–Trinajstić information content (AvgIpc) is 3.54. The molecule has 1 aliphatic carbocycles. The third-order valence-corrected chi connectivity index (χ3v) is 6.60. The summed E-state index contributed by atoms with van der Waals surface area (Å²) >= 11 is 5.96.